The first kappa shape index (κ1) is 20.5. The highest BCUT2D eigenvalue weighted by molar-refractivity contribution is 5.81. The average molecular weight is 398 g/mol. The van der Waals surface area contributed by atoms with Crippen LogP contribution in [0.5, 0.6) is 11.5 Å². The van der Waals surface area contributed by atoms with E-state index in [1.807, 2.05) is 43.3 Å². The minimum Gasteiger partial charge on any atom is -0.486 e. The lowest BCUT2D eigenvalue weighted by molar-refractivity contribution is -0.151. The standard InChI is InChI=1S/C22H26N2O5/c1-23(2)18-7-4-16(5-8-18)14-24(3)21(25)15-29-22(26)13-17-6-9-19-20(12-17)28-11-10-27-19/h4-9,12H,10-11,13-15H2,1-3H3. The van der Waals surface area contributed by atoms with Crippen LogP contribution in [0.2, 0.25) is 0 Å². The van der Waals surface area contributed by atoms with E-state index in [2.05, 4.69) is 0 Å². The lowest BCUT2D eigenvalue weighted by Crippen LogP contribution is -2.31. The molecule has 1 aliphatic rings. The second kappa shape index (κ2) is 9.32. The van der Waals surface area contributed by atoms with Gasteiger partial charge >= 0.3 is 5.97 Å². The maximum atomic E-state index is 12.3. The van der Waals surface area contributed by atoms with E-state index in [1.165, 1.54) is 0 Å². The summed E-state index contributed by atoms with van der Waals surface area (Å²) in [5.41, 5.74) is 2.85. The van der Waals surface area contributed by atoms with Crippen LogP contribution >= 0.6 is 0 Å². The van der Waals surface area contributed by atoms with Gasteiger partial charge in [-0.2, -0.15) is 0 Å². The molecule has 1 aliphatic heterocycles. The molecule has 0 unspecified atom stereocenters. The van der Waals surface area contributed by atoms with Crippen LogP contribution in [-0.4, -0.2) is 57.7 Å². The Morgan fingerprint density at radius 2 is 1.59 bits per heavy atom. The third kappa shape index (κ3) is 5.63. The van der Waals surface area contributed by atoms with Crippen molar-refractivity contribution in [3.63, 3.8) is 0 Å². The molecule has 1 amide bonds. The summed E-state index contributed by atoms with van der Waals surface area (Å²) in [6, 6.07) is 13.3. The van der Waals surface area contributed by atoms with Gasteiger partial charge in [0.05, 0.1) is 6.42 Å². The molecule has 0 aromatic heterocycles. The molecule has 1 heterocycles. The molecule has 0 spiro atoms. The van der Waals surface area contributed by atoms with E-state index in [4.69, 9.17) is 14.2 Å². The molecule has 7 nitrogen and oxygen atoms in total. The maximum absolute atomic E-state index is 12.3. The smallest absolute Gasteiger partial charge is 0.310 e. The van der Waals surface area contributed by atoms with Crippen molar-refractivity contribution >= 4 is 17.6 Å². The van der Waals surface area contributed by atoms with Gasteiger partial charge in [-0.3, -0.25) is 9.59 Å². The van der Waals surface area contributed by atoms with Gasteiger partial charge in [0, 0.05) is 33.4 Å². The lowest BCUT2D eigenvalue weighted by atomic mass is 10.1. The molecule has 0 radical (unpaired) electrons. The first-order chi connectivity index (χ1) is 13.9. The molecule has 154 valence electrons. The van der Waals surface area contributed by atoms with Crippen molar-refractivity contribution < 1.29 is 23.8 Å². The summed E-state index contributed by atoms with van der Waals surface area (Å²) in [6.45, 7) is 1.17. The van der Waals surface area contributed by atoms with Crippen LogP contribution in [0.3, 0.4) is 0 Å². The quantitative estimate of drug-likeness (QED) is 0.667. The normalized spacial score (nSPS) is 12.2. The summed E-state index contributed by atoms with van der Waals surface area (Å²) < 4.78 is 16.1. The molecule has 3 rings (SSSR count). The summed E-state index contributed by atoms with van der Waals surface area (Å²) in [5, 5.41) is 0. The summed E-state index contributed by atoms with van der Waals surface area (Å²) in [4.78, 5) is 27.9. The Kier molecular flexibility index (Phi) is 6.59. The molecule has 0 saturated carbocycles. The topological polar surface area (TPSA) is 68.3 Å². The fourth-order valence-corrected chi connectivity index (χ4v) is 2.93. The van der Waals surface area contributed by atoms with Crippen molar-refractivity contribution in [1.82, 2.24) is 4.90 Å². The van der Waals surface area contributed by atoms with Crippen LogP contribution < -0.4 is 14.4 Å². The van der Waals surface area contributed by atoms with Gasteiger partial charge < -0.3 is 24.0 Å². The third-order valence-electron chi connectivity index (χ3n) is 4.61. The van der Waals surface area contributed by atoms with E-state index < -0.39 is 5.97 Å². The molecule has 0 fully saturated rings. The van der Waals surface area contributed by atoms with Gasteiger partial charge in [-0.1, -0.05) is 18.2 Å². The van der Waals surface area contributed by atoms with Gasteiger partial charge in [0.1, 0.15) is 13.2 Å². The SMILES string of the molecule is CN(Cc1ccc(N(C)C)cc1)C(=O)COC(=O)Cc1ccc2c(c1)OCCO2. The number of hydrogen-bond acceptors (Lipinski definition) is 6. The van der Waals surface area contributed by atoms with E-state index in [-0.39, 0.29) is 18.9 Å². The molecule has 0 bridgehead atoms. The number of carbonyl (C=O) groups is 2. The van der Waals surface area contributed by atoms with Crippen molar-refractivity contribution in [3.8, 4) is 11.5 Å². The van der Waals surface area contributed by atoms with Gasteiger partial charge in [-0.05, 0) is 35.4 Å². The summed E-state index contributed by atoms with van der Waals surface area (Å²) >= 11 is 0. The van der Waals surface area contributed by atoms with E-state index in [9.17, 15) is 9.59 Å². The van der Waals surface area contributed by atoms with Crippen LogP contribution in [0.4, 0.5) is 5.69 Å². The number of rotatable bonds is 7. The van der Waals surface area contributed by atoms with E-state index in [0.717, 1.165) is 16.8 Å². The van der Waals surface area contributed by atoms with Crippen molar-refractivity contribution in [3.05, 3.63) is 53.6 Å². The molecule has 2 aromatic carbocycles. The van der Waals surface area contributed by atoms with Crippen LogP contribution in [0.15, 0.2) is 42.5 Å². The number of benzene rings is 2. The second-order valence-electron chi connectivity index (χ2n) is 7.13. The molecule has 0 atom stereocenters. The predicted octanol–water partition coefficient (Wildman–Crippen LogP) is 2.27. The largest absolute Gasteiger partial charge is 0.486 e. The minimum absolute atomic E-state index is 0.0691. The van der Waals surface area contributed by atoms with Crippen molar-refractivity contribution in [1.29, 1.82) is 0 Å². The first-order valence-electron chi connectivity index (χ1n) is 9.47. The number of amides is 1. The molecule has 0 aliphatic carbocycles. The highest BCUT2D eigenvalue weighted by atomic mass is 16.6. The van der Waals surface area contributed by atoms with Crippen LogP contribution in [0.1, 0.15) is 11.1 Å². The number of carbonyl (C=O) groups excluding carboxylic acids is 2. The molecule has 29 heavy (non-hydrogen) atoms. The monoisotopic (exact) mass is 398 g/mol. The number of anilines is 1. The molecular weight excluding hydrogens is 372 g/mol. The van der Waals surface area contributed by atoms with Gasteiger partial charge in [0.25, 0.3) is 5.91 Å². The number of esters is 1. The summed E-state index contributed by atoms with van der Waals surface area (Å²) in [6.07, 6.45) is 0.0691. The van der Waals surface area contributed by atoms with Gasteiger partial charge in [0.15, 0.2) is 18.1 Å². The summed E-state index contributed by atoms with van der Waals surface area (Å²) in [5.74, 6) is 0.581. The number of likely N-dealkylation sites (N-methyl/N-ethyl adjacent to an activating group) is 1. The highest BCUT2D eigenvalue weighted by Gasteiger charge is 2.16. The molecule has 7 heteroatoms. The zero-order chi connectivity index (χ0) is 20.8. The fraction of sp³-hybridized carbons (Fsp3) is 0.364. The Hall–Kier alpha value is -3.22. The number of nitrogens with zero attached hydrogens (tertiary/aromatic N) is 2. The van der Waals surface area contributed by atoms with E-state index in [1.54, 1.807) is 30.1 Å². The first-order valence-corrected chi connectivity index (χ1v) is 9.47. The number of ether oxygens (including phenoxy) is 3. The van der Waals surface area contributed by atoms with Gasteiger partial charge in [0.2, 0.25) is 0 Å². The van der Waals surface area contributed by atoms with Crippen molar-refractivity contribution in [2.75, 3.05) is 45.9 Å². The molecule has 0 N–H and O–H groups in total. The van der Waals surface area contributed by atoms with Gasteiger partial charge in [-0.25, -0.2) is 0 Å². The van der Waals surface area contributed by atoms with Crippen LogP contribution in [-0.2, 0) is 27.3 Å². The predicted molar refractivity (Wildman–Crippen MR) is 109 cm³/mol. The Labute approximate surface area is 170 Å². The van der Waals surface area contributed by atoms with Crippen LogP contribution in [0.25, 0.3) is 0 Å². The number of hydrogen-bond donors (Lipinski definition) is 0. The second-order valence-corrected chi connectivity index (χ2v) is 7.13. The maximum Gasteiger partial charge on any atom is 0.310 e. The van der Waals surface area contributed by atoms with E-state index in [0.29, 0.717) is 31.3 Å². The van der Waals surface area contributed by atoms with Crippen molar-refractivity contribution in [2.45, 2.75) is 13.0 Å². The molecular formula is C22H26N2O5. The van der Waals surface area contributed by atoms with Crippen LogP contribution in [0, 0.1) is 0 Å². The lowest BCUT2D eigenvalue weighted by Gasteiger charge is -2.19. The zero-order valence-electron chi connectivity index (χ0n) is 17.0. The Morgan fingerprint density at radius 3 is 2.28 bits per heavy atom. The molecule has 2 aromatic rings. The third-order valence-corrected chi connectivity index (χ3v) is 4.61. The summed E-state index contributed by atoms with van der Waals surface area (Å²) in [7, 11) is 5.64. The minimum atomic E-state index is -0.459. The highest BCUT2D eigenvalue weighted by Crippen LogP contribution is 2.30. The average Bonchev–Trinajstić information content (AvgIpc) is 2.72. The zero-order valence-corrected chi connectivity index (χ0v) is 17.0. The fourth-order valence-electron chi connectivity index (χ4n) is 2.93. The Balaban J connectivity index is 1.46. The van der Waals surface area contributed by atoms with Gasteiger partial charge in [-0.15, -0.1) is 0 Å². The van der Waals surface area contributed by atoms with Crippen molar-refractivity contribution in [2.24, 2.45) is 0 Å². The number of fused-ring (bicyclic) bond motifs is 1. The Morgan fingerprint density at radius 1 is 0.931 bits per heavy atom. The molecule has 0 saturated heterocycles. The Bertz CT molecular complexity index is 864. The van der Waals surface area contributed by atoms with E-state index >= 15 is 0 Å².